The zero-order valence-electron chi connectivity index (χ0n) is 20.0. The summed E-state index contributed by atoms with van der Waals surface area (Å²) in [6.45, 7) is 6.29. The fourth-order valence-corrected chi connectivity index (χ4v) is 5.15. The molecule has 0 radical (unpaired) electrons. The molecule has 0 saturated carbocycles. The molecule has 1 saturated heterocycles. The molecule has 14 heteroatoms. The molecule has 0 aliphatic carbocycles. The molecule has 0 atom stereocenters. The second kappa shape index (κ2) is 15.5. The topological polar surface area (TPSA) is 105 Å². The minimum Gasteiger partial charge on any atom is -0.395 e. The first-order valence-corrected chi connectivity index (χ1v) is 12.1. The lowest BCUT2D eigenvalue weighted by Crippen LogP contribution is -2.47. The molecule has 2 aliphatic heterocycles. The number of nitrogens with zero attached hydrogens (tertiary/aromatic N) is 3. The number of hydrogen-bond donors (Lipinski definition) is 4. The van der Waals surface area contributed by atoms with E-state index < -0.39 is 17.8 Å². The maximum atomic E-state index is 13.3. The number of halogens is 5. The Balaban J connectivity index is 0.000000895. The van der Waals surface area contributed by atoms with Crippen LogP contribution in [0, 0.1) is 0 Å². The Morgan fingerprint density at radius 1 is 0.946 bits per heavy atom. The minimum atomic E-state index is -4.35. The van der Waals surface area contributed by atoms with E-state index in [1.807, 2.05) is 29.2 Å². The van der Waals surface area contributed by atoms with Crippen molar-refractivity contribution in [2.24, 2.45) is 5.73 Å². The highest BCUT2D eigenvalue weighted by molar-refractivity contribution is 7.99. The fourth-order valence-electron chi connectivity index (χ4n) is 4.08. The van der Waals surface area contributed by atoms with Crippen molar-refractivity contribution in [3.63, 3.8) is 0 Å². The SMILES string of the molecule is Cl.Cl.NC(=O)NO.OCCN1CCN(CCCN2c3ccccc3Sc3ccc(C(F)(F)F)cc32)CC1. The van der Waals surface area contributed by atoms with E-state index in [1.54, 1.807) is 6.07 Å². The smallest absolute Gasteiger partial charge is 0.395 e. The number of para-hydroxylation sites is 1. The van der Waals surface area contributed by atoms with Crippen LogP contribution in [-0.2, 0) is 6.18 Å². The molecule has 8 nitrogen and oxygen atoms in total. The average Bonchev–Trinajstić information content (AvgIpc) is 2.84. The van der Waals surface area contributed by atoms with Gasteiger partial charge in [-0.15, -0.1) is 24.8 Å². The van der Waals surface area contributed by atoms with Crippen LogP contribution in [0.25, 0.3) is 0 Å². The van der Waals surface area contributed by atoms with Gasteiger partial charge in [0.1, 0.15) is 0 Å². The first-order chi connectivity index (χ1) is 16.7. The standard InChI is InChI=1S/C22H26F3N3OS.CH4N2O2.2ClH/c23-22(24,25)17-6-7-21-19(16-17)28(18-4-1-2-5-20(18)30-21)9-3-8-26-10-12-27(13-11-26)14-15-29;2-1(4)3-5;;/h1-2,4-7,16,29H,3,8-15H2;5H,(H3,2,3,4);2*1H. The van der Waals surface area contributed by atoms with Crippen LogP contribution in [0.3, 0.4) is 0 Å². The van der Waals surface area contributed by atoms with E-state index in [4.69, 9.17) is 10.3 Å². The lowest BCUT2D eigenvalue weighted by Gasteiger charge is -2.36. The summed E-state index contributed by atoms with van der Waals surface area (Å²) in [6, 6.07) is 11.0. The number of benzene rings is 2. The summed E-state index contributed by atoms with van der Waals surface area (Å²) >= 11 is 1.53. The van der Waals surface area contributed by atoms with Gasteiger partial charge in [-0.05, 0) is 43.3 Å². The lowest BCUT2D eigenvalue weighted by atomic mass is 10.1. The van der Waals surface area contributed by atoms with Gasteiger partial charge < -0.3 is 20.6 Å². The molecule has 5 N–H and O–H groups in total. The molecule has 4 rings (SSSR count). The van der Waals surface area contributed by atoms with Gasteiger partial charge in [0.25, 0.3) is 0 Å². The number of aliphatic hydroxyl groups is 1. The van der Waals surface area contributed by atoms with Gasteiger partial charge in [0.05, 0.1) is 23.5 Å². The first-order valence-electron chi connectivity index (χ1n) is 11.2. The van der Waals surface area contributed by atoms with Crippen molar-refractivity contribution in [3.8, 4) is 0 Å². The highest BCUT2D eigenvalue weighted by Gasteiger charge is 2.33. The Morgan fingerprint density at radius 3 is 2.08 bits per heavy atom. The number of aliphatic hydroxyl groups excluding tert-OH is 1. The number of nitrogens with two attached hydrogens (primary N) is 1. The number of carbonyl (C=O) groups is 1. The van der Waals surface area contributed by atoms with Crippen LogP contribution < -0.4 is 16.1 Å². The predicted molar refractivity (Wildman–Crippen MR) is 143 cm³/mol. The molecule has 2 aromatic rings. The largest absolute Gasteiger partial charge is 0.416 e. The number of β-amino-alcohol motifs (C(OH)–C–C–N with tert-alkyl or cyclic N) is 1. The minimum absolute atomic E-state index is 0. The van der Waals surface area contributed by atoms with E-state index in [2.05, 4.69) is 15.5 Å². The Bertz CT molecular complexity index is 998. The molecular weight excluding hydrogens is 554 g/mol. The van der Waals surface area contributed by atoms with Gasteiger partial charge in [-0.1, -0.05) is 23.9 Å². The Labute approximate surface area is 230 Å². The van der Waals surface area contributed by atoms with E-state index in [0.717, 1.165) is 54.6 Å². The van der Waals surface area contributed by atoms with Crippen LogP contribution in [0.15, 0.2) is 52.3 Å². The normalized spacial score (nSPS) is 15.2. The van der Waals surface area contributed by atoms with Gasteiger partial charge in [-0.3, -0.25) is 10.1 Å². The summed E-state index contributed by atoms with van der Waals surface area (Å²) in [7, 11) is 0. The zero-order chi connectivity index (χ0) is 25.4. The van der Waals surface area contributed by atoms with Crippen molar-refractivity contribution in [1.82, 2.24) is 15.3 Å². The Hall–Kier alpha value is -1.93. The van der Waals surface area contributed by atoms with E-state index >= 15 is 0 Å². The van der Waals surface area contributed by atoms with Gasteiger partial charge in [-0.25, -0.2) is 10.3 Å². The quantitative estimate of drug-likeness (QED) is 0.297. The summed E-state index contributed by atoms with van der Waals surface area (Å²) in [4.78, 5) is 17.8. The molecule has 1 fully saturated rings. The van der Waals surface area contributed by atoms with Gasteiger partial charge in [0, 0.05) is 49.1 Å². The number of hydrogen-bond acceptors (Lipinski definition) is 7. The van der Waals surface area contributed by atoms with E-state index in [-0.39, 0.29) is 31.4 Å². The third-order valence-electron chi connectivity index (χ3n) is 5.80. The summed E-state index contributed by atoms with van der Waals surface area (Å²) in [5, 5.41) is 16.5. The molecule has 208 valence electrons. The van der Waals surface area contributed by atoms with Crippen molar-refractivity contribution in [2.45, 2.75) is 22.4 Å². The second-order valence-corrected chi connectivity index (χ2v) is 9.22. The summed E-state index contributed by atoms with van der Waals surface area (Å²) in [5.74, 6) is 0. The maximum Gasteiger partial charge on any atom is 0.416 e. The fraction of sp³-hybridized carbons (Fsp3) is 0.435. The lowest BCUT2D eigenvalue weighted by molar-refractivity contribution is -0.137. The van der Waals surface area contributed by atoms with Crippen molar-refractivity contribution >= 4 is 54.0 Å². The molecule has 2 heterocycles. The zero-order valence-corrected chi connectivity index (χ0v) is 22.4. The molecule has 0 aromatic heterocycles. The third kappa shape index (κ3) is 9.40. The van der Waals surface area contributed by atoms with Crippen LogP contribution in [-0.4, -0.2) is 78.6 Å². The molecule has 2 aromatic carbocycles. The second-order valence-electron chi connectivity index (χ2n) is 8.14. The van der Waals surface area contributed by atoms with Crippen molar-refractivity contribution in [3.05, 3.63) is 48.0 Å². The van der Waals surface area contributed by atoms with E-state index in [1.165, 1.54) is 29.4 Å². The Kier molecular flexibility index (Phi) is 13.8. The van der Waals surface area contributed by atoms with Crippen molar-refractivity contribution in [1.29, 1.82) is 0 Å². The average molecular weight is 587 g/mol. The van der Waals surface area contributed by atoms with Crippen molar-refractivity contribution in [2.75, 3.05) is 57.3 Å². The highest BCUT2D eigenvalue weighted by Crippen LogP contribution is 2.49. The number of fused-ring (bicyclic) bond motifs is 2. The van der Waals surface area contributed by atoms with Crippen LogP contribution in [0.2, 0.25) is 0 Å². The van der Waals surface area contributed by atoms with Crippen LogP contribution >= 0.6 is 36.6 Å². The third-order valence-corrected chi connectivity index (χ3v) is 6.93. The molecule has 2 amide bonds. The molecule has 2 aliphatic rings. The molecule has 0 unspecified atom stereocenters. The number of primary amides is 1. The van der Waals surface area contributed by atoms with Gasteiger partial charge >= 0.3 is 12.2 Å². The number of carbonyl (C=O) groups excluding carboxylic acids is 1. The van der Waals surface area contributed by atoms with E-state index in [0.29, 0.717) is 18.8 Å². The number of anilines is 2. The summed E-state index contributed by atoms with van der Waals surface area (Å²) < 4.78 is 39.9. The van der Waals surface area contributed by atoms with Crippen molar-refractivity contribution < 1.29 is 28.3 Å². The molecule has 0 spiro atoms. The number of hydroxylamine groups is 1. The number of amides is 2. The number of nitrogens with one attached hydrogen (secondary N) is 1. The Morgan fingerprint density at radius 2 is 1.51 bits per heavy atom. The van der Waals surface area contributed by atoms with Gasteiger partial charge in [0.2, 0.25) is 0 Å². The van der Waals surface area contributed by atoms with Crippen LogP contribution in [0.5, 0.6) is 0 Å². The van der Waals surface area contributed by atoms with Crippen LogP contribution in [0.4, 0.5) is 29.3 Å². The predicted octanol–water partition coefficient (Wildman–Crippen LogP) is 4.20. The maximum absolute atomic E-state index is 13.3. The van der Waals surface area contributed by atoms with E-state index in [9.17, 15) is 18.0 Å². The monoisotopic (exact) mass is 585 g/mol. The molecular formula is C23H32Cl2F3N5O3S. The highest BCUT2D eigenvalue weighted by atomic mass is 35.5. The number of alkyl halides is 3. The van der Waals surface area contributed by atoms with Gasteiger partial charge in [-0.2, -0.15) is 13.2 Å². The first kappa shape index (κ1) is 33.1. The summed E-state index contributed by atoms with van der Waals surface area (Å²) in [6.07, 6.45) is -3.48. The van der Waals surface area contributed by atoms with Crippen LogP contribution in [0.1, 0.15) is 12.0 Å². The number of piperazine rings is 1. The molecule has 0 bridgehead atoms. The van der Waals surface area contributed by atoms with Gasteiger partial charge in [0.15, 0.2) is 0 Å². The summed E-state index contributed by atoms with van der Waals surface area (Å²) in [5.41, 5.74) is 6.47. The number of urea groups is 1. The molecule has 37 heavy (non-hydrogen) atoms. The number of rotatable bonds is 6.